The summed E-state index contributed by atoms with van der Waals surface area (Å²) < 4.78 is 4.86. The number of allylic oxidation sites excluding steroid dienone is 2. The molecule has 0 amide bonds. The van der Waals surface area contributed by atoms with Crippen LogP contribution in [0.2, 0.25) is 0 Å². The molecule has 1 unspecified atom stereocenters. The van der Waals surface area contributed by atoms with Crippen LogP contribution in [0.25, 0.3) is 0 Å². The number of carbonyl (C=O) groups is 1. The van der Waals surface area contributed by atoms with Gasteiger partial charge in [-0.2, -0.15) is 0 Å². The van der Waals surface area contributed by atoms with Crippen molar-refractivity contribution in [2.45, 2.75) is 52.4 Å². The second-order valence-corrected chi connectivity index (χ2v) is 7.53. The zero-order chi connectivity index (χ0) is 17.2. The number of rotatable bonds is 3. The van der Waals surface area contributed by atoms with Crippen LogP contribution in [-0.4, -0.2) is 19.3 Å². The highest BCUT2D eigenvalue weighted by Gasteiger charge is 2.34. The van der Waals surface area contributed by atoms with E-state index < -0.39 is 0 Å². The fourth-order valence-electron chi connectivity index (χ4n) is 4.24. The number of benzene rings is 1. The summed E-state index contributed by atoms with van der Waals surface area (Å²) in [5, 5.41) is 0. The molecule has 0 heterocycles. The highest BCUT2D eigenvalue weighted by atomic mass is 16.5. The smallest absolute Gasteiger partial charge is 0.340 e. The minimum atomic E-state index is -0.329. The summed E-state index contributed by atoms with van der Waals surface area (Å²) in [5.41, 5.74) is 4.84. The molecule has 3 rings (SSSR count). The fraction of sp³-hybridized carbons (Fsp3) is 0.524. The Balaban J connectivity index is 1.89. The summed E-state index contributed by atoms with van der Waals surface area (Å²) in [7, 11) is 1.41. The number of para-hydroxylation sites is 1. The van der Waals surface area contributed by atoms with Gasteiger partial charge in [0.2, 0.25) is 0 Å². The minimum absolute atomic E-state index is 0.329. The number of esters is 1. The van der Waals surface area contributed by atoms with Crippen molar-refractivity contribution in [1.82, 2.24) is 0 Å². The van der Waals surface area contributed by atoms with E-state index in [9.17, 15) is 4.79 Å². The molecule has 3 heteroatoms. The lowest BCUT2D eigenvalue weighted by molar-refractivity contribution is 0.0601. The predicted molar refractivity (Wildman–Crippen MR) is 97.9 cm³/mol. The molecule has 0 radical (unpaired) electrons. The lowest BCUT2D eigenvalue weighted by Crippen LogP contribution is -2.27. The van der Waals surface area contributed by atoms with Crippen LogP contribution in [0.4, 0.5) is 5.69 Å². The average Bonchev–Trinajstić information content (AvgIpc) is 2.59. The molecule has 1 aromatic rings. The average molecular weight is 325 g/mol. The molecule has 0 spiro atoms. The van der Waals surface area contributed by atoms with Gasteiger partial charge in [0, 0.05) is 12.1 Å². The molecule has 3 nitrogen and oxygen atoms in total. The normalized spacial score (nSPS) is 23.2. The Morgan fingerprint density at radius 1 is 1.25 bits per heavy atom. The van der Waals surface area contributed by atoms with E-state index in [1.54, 1.807) is 17.2 Å². The molecule has 128 valence electrons. The number of aliphatic imine (C=N–C) groups is 1. The summed E-state index contributed by atoms with van der Waals surface area (Å²) in [6.45, 7) is 4.77. The van der Waals surface area contributed by atoms with Crippen molar-refractivity contribution in [3.8, 4) is 0 Å². The second-order valence-electron chi connectivity index (χ2n) is 7.53. The molecule has 0 aliphatic heterocycles. The second kappa shape index (κ2) is 6.92. The third-order valence-electron chi connectivity index (χ3n) is 5.54. The van der Waals surface area contributed by atoms with E-state index in [-0.39, 0.29) is 5.97 Å². The van der Waals surface area contributed by atoms with Crippen LogP contribution in [0.3, 0.4) is 0 Å². The van der Waals surface area contributed by atoms with Gasteiger partial charge in [0.1, 0.15) is 0 Å². The topological polar surface area (TPSA) is 38.7 Å². The van der Waals surface area contributed by atoms with E-state index in [2.05, 4.69) is 25.1 Å². The van der Waals surface area contributed by atoms with E-state index in [0.717, 1.165) is 0 Å². The molecular formula is C21H27NO2. The number of hydrogen-bond donors (Lipinski definition) is 0. The first-order valence-corrected chi connectivity index (χ1v) is 8.97. The van der Waals surface area contributed by atoms with Crippen molar-refractivity contribution in [3.63, 3.8) is 0 Å². The SMILES string of the molecule is COC(=O)c1ccccc1N=CC1CCCC2=C1CCCC2(C)C. The molecule has 0 saturated heterocycles. The molecular weight excluding hydrogens is 298 g/mol. The standard InChI is InChI=1S/C21H27NO2/c1-21(2)13-7-10-16-15(8-6-11-18(16)21)14-22-19-12-5-4-9-17(19)20(23)24-3/h4-5,9,12,14-15H,6-8,10-11,13H2,1-3H3. The molecule has 0 bridgehead atoms. The molecule has 1 aromatic carbocycles. The van der Waals surface area contributed by atoms with Crippen LogP contribution in [0, 0.1) is 11.3 Å². The van der Waals surface area contributed by atoms with E-state index in [4.69, 9.17) is 4.74 Å². The van der Waals surface area contributed by atoms with Crippen molar-refractivity contribution < 1.29 is 9.53 Å². The predicted octanol–water partition coefficient (Wildman–Crippen LogP) is 5.48. The summed E-state index contributed by atoms with van der Waals surface area (Å²) in [5.74, 6) is 0.0872. The zero-order valence-electron chi connectivity index (χ0n) is 15.0. The number of carbonyl (C=O) groups excluding carboxylic acids is 1. The Morgan fingerprint density at radius 3 is 2.83 bits per heavy atom. The summed E-state index contributed by atoms with van der Waals surface area (Å²) in [6, 6.07) is 7.41. The Labute approximate surface area is 144 Å². The van der Waals surface area contributed by atoms with Gasteiger partial charge in [-0.15, -0.1) is 0 Å². The van der Waals surface area contributed by atoms with E-state index in [0.29, 0.717) is 22.6 Å². The van der Waals surface area contributed by atoms with Gasteiger partial charge in [-0.25, -0.2) is 4.79 Å². The quantitative estimate of drug-likeness (QED) is 0.419. The van der Waals surface area contributed by atoms with E-state index in [1.165, 1.54) is 45.6 Å². The van der Waals surface area contributed by atoms with Crippen LogP contribution >= 0.6 is 0 Å². The van der Waals surface area contributed by atoms with Crippen LogP contribution in [0.1, 0.15) is 62.7 Å². The number of methoxy groups -OCH3 is 1. The van der Waals surface area contributed by atoms with Crippen LogP contribution in [0.5, 0.6) is 0 Å². The Hall–Kier alpha value is -1.90. The maximum atomic E-state index is 11.9. The molecule has 2 aliphatic carbocycles. The van der Waals surface area contributed by atoms with Gasteiger partial charge >= 0.3 is 5.97 Å². The number of nitrogens with zero attached hydrogens (tertiary/aromatic N) is 1. The van der Waals surface area contributed by atoms with Crippen molar-refractivity contribution >= 4 is 17.9 Å². The van der Waals surface area contributed by atoms with E-state index in [1.807, 2.05) is 18.2 Å². The Morgan fingerprint density at radius 2 is 2.04 bits per heavy atom. The highest BCUT2D eigenvalue weighted by Crippen LogP contribution is 2.47. The van der Waals surface area contributed by atoms with Gasteiger partial charge in [0.05, 0.1) is 18.4 Å². The molecule has 1 atom stereocenters. The minimum Gasteiger partial charge on any atom is -0.465 e. The van der Waals surface area contributed by atoms with Gasteiger partial charge in [-0.3, -0.25) is 4.99 Å². The monoisotopic (exact) mass is 325 g/mol. The summed E-state index contributed by atoms with van der Waals surface area (Å²) in [6.07, 6.45) is 9.48. The van der Waals surface area contributed by atoms with Crippen molar-refractivity contribution in [2.24, 2.45) is 16.3 Å². The molecule has 24 heavy (non-hydrogen) atoms. The number of ether oxygens (including phenoxy) is 1. The first-order chi connectivity index (χ1) is 11.5. The largest absolute Gasteiger partial charge is 0.465 e. The lowest BCUT2D eigenvalue weighted by Gasteiger charge is -2.40. The Kier molecular flexibility index (Phi) is 4.88. The van der Waals surface area contributed by atoms with Gasteiger partial charge in [0.15, 0.2) is 0 Å². The summed E-state index contributed by atoms with van der Waals surface area (Å²) in [4.78, 5) is 16.6. The lowest BCUT2D eigenvalue weighted by atomic mass is 9.65. The first kappa shape index (κ1) is 16.9. The fourth-order valence-corrected chi connectivity index (χ4v) is 4.24. The van der Waals surface area contributed by atoms with Crippen LogP contribution in [0.15, 0.2) is 40.4 Å². The third kappa shape index (κ3) is 3.31. The van der Waals surface area contributed by atoms with Gasteiger partial charge in [-0.1, -0.05) is 37.1 Å². The highest BCUT2D eigenvalue weighted by molar-refractivity contribution is 5.95. The van der Waals surface area contributed by atoms with Crippen molar-refractivity contribution in [1.29, 1.82) is 0 Å². The van der Waals surface area contributed by atoms with Gasteiger partial charge < -0.3 is 4.74 Å². The van der Waals surface area contributed by atoms with Crippen LogP contribution in [-0.2, 0) is 4.74 Å². The molecule has 0 saturated carbocycles. The maximum absolute atomic E-state index is 11.9. The molecule has 0 aromatic heterocycles. The van der Waals surface area contributed by atoms with Crippen LogP contribution < -0.4 is 0 Å². The maximum Gasteiger partial charge on any atom is 0.340 e. The molecule has 2 aliphatic rings. The summed E-state index contributed by atoms with van der Waals surface area (Å²) >= 11 is 0. The van der Waals surface area contributed by atoms with Gasteiger partial charge in [0.25, 0.3) is 0 Å². The van der Waals surface area contributed by atoms with Crippen molar-refractivity contribution in [3.05, 3.63) is 41.0 Å². The van der Waals surface area contributed by atoms with Crippen molar-refractivity contribution in [2.75, 3.05) is 7.11 Å². The van der Waals surface area contributed by atoms with E-state index >= 15 is 0 Å². The third-order valence-corrected chi connectivity index (χ3v) is 5.54. The molecule has 0 N–H and O–H groups in total. The zero-order valence-corrected chi connectivity index (χ0v) is 15.0. The van der Waals surface area contributed by atoms with Gasteiger partial charge in [-0.05, 0) is 56.1 Å². The Bertz CT molecular complexity index is 685. The molecule has 0 fully saturated rings. The first-order valence-electron chi connectivity index (χ1n) is 8.97. The number of hydrogen-bond acceptors (Lipinski definition) is 3.